The van der Waals surface area contributed by atoms with Crippen LogP contribution in [0.5, 0.6) is 0 Å². The minimum absolute atomic E-state index is 0.0141. The van der Waals surface area contributed by atoms with Gasteiger partial charge in [-0.25, -0.2) is 0 Å². The van der Waals surface area contributed by atoms with Crippen LogP contribution in [-0.4, -0.2) is 54.0 Å². The molecule has 1 N–H and O–H groups in total. The lowest BCUT2D eigenvalue weighted by Gasteiger charge is -2.20. The summed E-state index contributed by atoms with van der Waals surface area (Å²) in [4.78, 5) is 28.3. The number of carboxylic acid groups (broad SMARTS) is 1. The van der Waals surface area contributed by atoms with Crippen LogP contribution in [0.25, 0.3) is 0 Å². The van der Waals surface area contributed by atoms with Gasteiger partial charge in [0.15, 0.2) is 0 Å². The maximum Gasteiger partial charge on any atom is 0.305 e. The Labute approximate surface area is 299 Å². The smallest absolute Gasteiger partial charge is 0.305 e. The summed E-state index contributed by atoms with van der Waals surface area (Å²) in [5.41, 5.74) is 0. The number of hydrogen-bond acceptors (Lipinski definition) is 5. The van der Waals surface area contributed by atoms with Gasteiger partial charge in [0, 0.05) is 26.3 Å². The minimum atomic E-state index is -0.833. The average molecular weight is 679 g/mol. The second kappa shape index (κ2) is 38.2. The Balaban J connectivity index is 0.00000520. The number of rotatable bonds is 35. The molecule has 0 saturated carbocycles. The normalized spacial score (nSPS) is 12.6. The first kappa shape index (κ1) is 46.4. The highest BCUT2D eigenvalue weighted by Crippen LogP contribution is 2.16. The number of ether oxygens (including phenoxy) is 1. The van der Waals surface area contributed by atoms with Crippen LogP contribution < -0.4 is 0 Å². The number of hydrogen-bond donors (Lipinski definition) is 1. The van der Waals surface area contributed by atoms with Gasteiger partial charge in [-0.05, 0) is 12.8 Å². The van der Waals surface area contributed by atoms with Gasteiger partial charge in [-0.2, -0.15) is 0 Å². The van der Waals surface area contributed by atoms with E-state index in [0.717, 1.165) is 45.8 Å². The Bertz CT molecular complexity index is 722. The van der Waals surface area contributed by atoms with E-state index in [1.54, 1.807) is 0 Å². The summed E-state index contributed by atoms with van der Waals surface area (Å²) in [7, 11) is 0. The van der Waals surface area contributed by atoms with Crippen LogP contribution >= 0.6 is 0 Å². The Morgan fingerprint density at radius 3 is 1.29 bits per heavy atom. The Hall–Kier alpha value is -1.59. The third kappa shape index (κ3) is 35.7. The first-order valence-electron chi connectivity index (χ1n) is 21.1. The fourth-order valence-electron chi connectivity index (χ4n) is 6.64. The Kier molecular flexibility index (Phi) is 36.9. The van der Waals surface area contributed by atoms with Crippen molar-refractivity contribution in [3.63, 3.8) is 0 Å². The molecular formula is C42H82N2O4. The Morgan fingerprint density at radius 1 is 0.583 bits per heavy atom. The van der Waals surface area contributed by atoms with Crippen LogP contribution in [0.3, 0.4) is 0 Å². The van der Waals surface area contributed by atoms with E-state index in [0.29, 0.717) is 13.0 Å². The van der Waals surface area contributed by atoms with Crippen LogP contribution in [-0.2, 0) is 14.3 Å². The van der Waals surface area contributed by atoms with Gasteiger partial charge in [0.1, 0.15) is 6.61 Å². The first-order chi connectivity index (χ1) is 23.5. The van der Waals surface area contributed by atoms with E-state index in [2.05, 4.69) is 18.7 Å². The molecule has 6 heteroatoms. The third-order valence-electron chi connectivity index (χ3n) is 9.64. The van der Waals surface area contributed by atoms with E-state index < -0.39 is 5.97 Å². The number of carbonyl (C=O) groups excluding carboxylic acids is 1. The SMILES string of the molecule is CC(=O)O.CCCCCCCCCCCCCCCCCC(=O)OCCN1CCN=C1CCCCCCCCCCCCCCCCC. The van der Waals surface area contributed by atoms with Crippen molar-refractivity contribution in [3.05, 3.63) is 0 Å². The number of amidine groups is 1. The van der Waals surface area contributed by atoms with Gasteiger partial charge in [-0.3, -0.25) is 14.6 Å². The predicted octanol–water partition coefficient (Wildman–Crippen LogP) is 12.9. The van der Waals surface area contributed by atoms with Crippen molar-refractivity contribution < 1.29 is 19.4 Å². The molecular weight excluding hydrogens is 596 g/mol. The maximum absolute atomic E-state index is 12.2. The average Bonchev–Trinajstić information content (AvgIpc) is 3.51. The topological polar surface area (TPSA) is 79.2 Å². The van der Waals surface area contributed by atoms with Gasteiger partial charge in [0.05, 0.1) is 18.9 Å². The fraction of sp³-hybridized carbons (Fsp3) is 0.929. The van der Waals surface area contributed by atoms with E-state index in [1.807, 2.05) is 0 Å². The van der Waals surface area contributed by atoms with E-state index in [-0.39, 0.29) is 5.97 Å². The van der Waals surface area contributed by atoms with Crippen molar-refractivity contribution in [2.75, 3.05) is 26.2 Å². The zero-order chi connectivity index (χ0) is 35.2. The molecule has 0 fully saturated rings. The van der Waals surface area contributed by atoms with E-state index in [1.165, 1.54) is 186 Å². The quantitative estimate of drug-likeness (QED) is 0.0533. The summed E-state index contributed by atoms with van der Waals surface area (Å²) in [6.07, 6.45) is 43.0. The summed E-state index contributed by atoms with van der Waals surface area (Å²) in [6.45, 7) is 8.88. The van der Waals surface area contributed by atoms with Gasteiger partial charge in [0.2, 0.25) is 0 Å². The zero-order valence-corrected chi connectivity index (χ0v) is 32.5. The lowest BCUT2D eigenvalue weighted by atomic mass is 10.0. The molecule has 0 bridgehead atoms. The molecule has 0 unspecified atom stereocenters. The van der Waals surface area contributed by atoms with E-state index in [4.69, 9.17) is 19.6 Å². The number of aliphatic carboxylic acids is 1. The van der Waals surface area contributed by atoms with Crippen molar-refractivity contribution in [2.45, 2.75) is 226 Å². The van der Waals surface area contributed by atoms with Crippen LogP contribution in [0.15, 0.2) is 4.99 Å². The summed E-state index contributed by atoms with van der Waals surface area (Å²) < 4.78 is 5.57. The molecule has 0 atom stereocenters. The lowest BCUT2D eigenvalue weighted by Crippen LogP contribution is -2.31. The molecule has 1 rings (SSSR count). The second-order valence-electron chi connectivity index (χ2n) is 14.4. The number of aliphatic imine (C=N–C) groups is 1. The largest absolute Gasteiger partial charge is 0.481 e. The zero-order valence-electron chi connectivity index (χ0n) is 32.5. The molecule has 0 amide bonds. The molecule has 0 aliphatic carbocycles. The summed E-state index contributed by atoms with van der Waals surface area (Å²) in [5, 5.41) is 7.42. The summed E-state index contributed by atoms with van der Waals surface area (Å²) in [5.74, 6) is 0.401. The van der Waals surface area contributed by atoms with Gasteiger partial charge in [0.25, 0.3) is 5.97 Å². The van der Waals surface area contributed by atoms with Crippen LogP contribution in [0.4, 0.5) is 0 Å². The van der Waals surface area contributed by atoms with Crippen LogP contribution in [0.1, 0.15) is 226 Å². The molecule has 48 heavy (non-hydrogen) atoms. The van der Waals surface area contributed by atoms with Crippen molar-refractivity contribution in [1.82, 2.24) is 4.90 Å². The molecule has 6 nitrogen and oxygen atoms in total. The van der Waals surface area contributed by atoms with Crippen LogP contribution in [0, 0.1) is 0 Å². The molecule has 1 aliphatic heterocycles. The molecule has 0 radical (unpaired) electrons. The molecule has 0 saturated heterocycles. The minimum Gasteiger partial charge on any atom is -0.481 e. The van der Waals surface area contributed by atoms with E-state index in [9.17, 15) is 4.79 Å². The van der Waals surface area contributed by atoms with Crippen molar-refractivity contribution in [1.29, 1.82) is 0 Å². The van der Waals surface area contributed by atoms with E-state index >= 15 is 0 Å². The molecule has 1 aliphatic rings. The second-order valence-corrected chi connectivity index (χ2v) is 14.4. The van der Waals surface area contributed by atoms with Crippen molar-refractivity contribution >= 4 is 17.8 Å². The highest BCUT2D eigenvalue weighted by molar-refractivity contribution is 5.83. The fourth-order valence-corrected chi connectivity index (χ4v) is 6.64. The standard InChI is InChI=1S/C40H78N2O2.C2H4O2/c1-3-5-7-9-11-13-15-17-19-21-23-25-27-29-31-33-39-41-35-36-42(39)37-38-44-40(43)34-32-30-28-26-24-22-20-18-16-14-12-10-8-6-4-2;1-2(3)4/h3-38H2,1-2H3;1H3,(H,3,4). The molecule has 284 valence electrons. The molecule has 0 aromatic carbocycles. The molecule has 1 heterocycles. The third-order valence-corrected chi connectivity index (χ3v) is 9.64. The van der Waals surface area contributed by atoms with Crippen molar-refractivity contribution in [2.24, 2.45) is 4.99 Å². The number of carboxylic acids is 1. The first-order valence-corrected chi connectivity index (χ1v) is 21.1. The maximum atomic E-state index is 12.2. The van der Waals surface area contributed by atoms with Gasteiger partial charge < -0.3 is 14.7 Å². The van der Waals surface area contributed by atoms with Gasteiger partial charge in [-0.1, -0.05) is 194 Å². The molecule has 0 aromatic rings. The van der Waals surface area contributed by atoms with Crippen LogP contribution in [0.2, 0.25) is 0 Å². The molecule has 0 spiro atoms. The number of unbranched alkanes of at least 4 members (excludes halogenated alkanes) is 28. The van der Waals surface area contributed by atoms with Gasteiger partial charge >= 0.3 is 5.97 Å². The van der Waals surface area contributed by atoms with Gasteiger partial charge in [-0.15, -0.1) is 0 Å². The number of esters is 1. The molecule has 0 aromatic heterocycles. The predicted molar refractivity (Wildman–Crippen MR) is 207 cm³/mol. The monoisotopic (exact) mass is 679 g/mol. The highest BCUT2D eigenvalue weighted by atomic mass is 16.5. The summed E-state index contributed by atoms with van der Waals surface area (Å²) >= 11 is 0. The summed E-state index contributed by atoms with van der Waals surface area (Å²) in [6, 6.07) is 0. The number of carbonyl (C=O) groups is 2. The highest BCUT2D eigenvalue weighted by Gasteiger charge is 2.16. The Morgan fingerprint density at radius 2 is 0.917 bits per heavy atom. The van der Waals surface area contributed by atoms with Crippen molar-refractivity contribution in [3.8, 4) is 0 Å². The number of nitrogens with zero attached hydrogens (tertiary/aromatic N) is 2. The lowest BCUT2D eigenvalue weighted by molar-refractivity contribution is -0.144.